The van der Waals surface area contributed by atoms with Gasteiger partial charge in [0.1, 0.15) is 5.69 Å². The van der Waals surface area contributed by atoms with Crippen molar-refractivity contribution < 1.29 is 18.0 Å². The van der Waals surface area contributed by atoms with Gasteiger partial charge in [0.15, 0.2) is 0 Å². The first-order valence-corrected chi connectivity index (χ1v) is 7.36. The molecule has 2 aromatic heterocycles. The number of hydrogen-bond donors (Lipinski definition) is 2. The number of aryl methyl sites for hydroxylation is 1. The van der Waals surface area contributed by atoms with E-state index in [1.54, 1.807) is 11.3 Å². The molecule has 22 heavy (non-hydrogen) atoms. The van der Waals surface area contributed by atoms with Crippen LogP contribution in [-0.4, -0.2) is 10.9 Å². The molecule has 0 unspecified atom stereocenters. The zero-order chi connectivity index (χ0) is 16.2. The maximum absolute atomic E-state index is 12.6. The lowest BCUT2D eigenvalue weighted by atomic mass is 10.2. The van der Waals surface area contributed by atoms with Crippen molar-refractivity contribution >= 4 is 22.9 Å². The van der Waals surface area contributed by atoms with Crippen molar-refractivity contribution in [1.29, 1.82) is 0 Å². The second kappa shape index (κ2) is 6.78. The third kappa shape index (κ3) is 4.45. The van der Waals surface area contributed by atoms with Gasteiger partial charge >= 0.3 is 6.18 Å². The number of carbonyl (C=O) groups excluding carboxylic acids is 1. The minimum atomic E-state index is -4.58. The summed E-state index contributed by atoms with van der Waals surface area (Å²) in [4.78, 5) is 26.3. The predicted octanol–water partition coefficient (Wildman–Crippen LogP) is 3.42. The van der Waals surface area contributed by atoms with Gasteiger partial charge in [0.05, 0.1) is 5.56 Å². The van der Waals surface area contributed by atoms with Crippen LogP contribution >= 0.6 is 11.3 Å². The molecule has 1 amide bonds. The SMILES string of the molecule is O=C(CCCc1cccs1)Nc1cc(C(F)(F)F)c[nH]c1=O. The molecule has 0 aliphatic heterocycles. The zero-order valence-corrected chi connectivity index (χ0v) is 12.2. The Kier molecular flexibility index (Phi) is 5.02. The normalized spacial score (nSPS) is 11.4. The lowest BCUT2D eigenvalue weighted by Crippen LogP contribution is -2.21. The largest absolute Gasteiger partial charge is 0.417 e. The second-order valence-corrected chi connectivity index (χ2v) is 5.64. The maximum Gasteiger partial charge on any atom is 0.417 e. The number of aromatic amines is 1. The Morgan fingerprint density at radius 1 is 1.36 bits per heavy atom. The molecule has 0 saturated carbocycles. The van der Waals surface area contributed by atoms with E-state index in [0.29, 0.717) is 25.1 Å². The van der Waals surface area contributed by atoms with E-state index in [1.807, 2.05) is 22.5 Å². The number of anilines is 1. The van der Waals surface area contributed by atoms with Crippen molar-refractivity contribution in [3.63, 3.8) is 0 Å². The molecule has 4 nitrogen and oxygen atoms in total. The molecular weight excluding hydrogens is 317 g/mol. The number of carbonyl (C=O) groups is 1. The molecule has 2 rings (SSSR count). The number of pyridine rings is 1. The minimum Gasteiger partial charge on any atom is -0.327 e. The Labute approximate surface area is 128 Å². The molecule has 0 radical (unpaired) electrons. The van der Waals surface area contributed by atoms with Crippen molar-refractivity contribution in [2.75, 3.05) is 5.32 Å². The molecule has 2 heterocycles. The van der Waals surface area contributed by atoms with E-state index in [2.05, 4.69) is 5.32 Å². The van der Waals surface area contributed by atoms with Crippen LogP contribution in [0.4, 0.5) is 18.9 Å². The number of H-pyrrole nitrogens is 1. The summed E-state index contributed by atoms with van der Waals surface area (Å²) in [6.45, 7) is 0. The highest BCUT2D eigenvalue weighted by atomic mass is 32.1. The van der Waals surface area contributed by atoms with E-state index in [-0.39, 0.29) is 6.42 Å². The topological polar surface area (TPSA) is 62.0 Å². The second-order valence-electron chi connectivity index (χ2n) is 4.61. The van der Waals surface area contributed by atoms with Crippen LogP contribution in [-0.2, 0) is 17.4 Å². The van der Waals surface area contributed by atoms with Crippen LogP contribution in [0.2, 0.25) is 0 Å². The summed E-state index contributed by atoms with van der Waals surface area (Å²) >= 11 is 1.57. The van der Waals surface area contributed by atoms with Crippen molar-refractivity contribution in [3.8, 4) is 0 Å². The number of thiophene rings is 1. The van der Waals surface area contributed by atoms with Crippen LogP contribution in [0, 0.1) is 0 Å². The number of alkyl halides is 3. The summed E-state index contributed by atoms with van der Waals surface area (Å²) in [7, 11) is 0. The number of nitrogens with one attached hydrogen (secondary N) is 2. The average molecular weight is 330 g/mol. The zero-order valence-electron chi connectivity index (χ0n) is 11.4. The number of aromatic nitrogens is 1. The molecule has 0 atom stereocenters. The molecule has 118 valence electrons. The van der Waals surface area contributed by atoms with Gasteiger partial charge in [0.25, 0.3) is 5.56 Å². The van der Waals surface area contributed by atoms with Crippen molar-refractivity contribution in [2.45, 2.75) is 25.4 Å². The Balaban J connectivity index is 1.94. The monoisotopic (exact) mass is 330 g/mol. The fraction of sp³-hybridized carbons (Fsp3) is 0.286. The fourth-order valence-electron chi connectivity index (χ4n) is 1.83. The summed E-state index contributed by atoms with van der Waals surface area (Å²) in [5, 5.41) is 4.15. The van der Waals surface area contributed by atoms with Crippen LogP contribution in [0.15, 0.2) is 34.6 Å². The Bertz CT molecular complexity index is 693. The van der Waals surface area contributed by atoms with Crippen LogP contribution in [0.3, 0.4) is 0 Å². The van der Waals surface area contributed by atoms with E-state index in [4.69, 9.17) is 0 Å². The first-order chi connectivity index (χ1) is 10.4. The lowest BCUT2D eigenvalue weighted by molar-refractivity contribution is -0.137. The minimum absolute atomic E-state index is 0.133. The number of amides is 1. The molecule has 0 aromatic carbocycles. The highest BCUT2D eigenvalue weighted by molar-refractivity contribution is 7.09. The molecule has 2 N–H and O–H groups in total. The Morgan fingerprint density at radius 2 is 2.14 bits per heavy atom. The van der Waals surface area contributed by atoms with E-state index in [9.17, 15) is 22.8 Å². The Hall–Kier alpha value is -2.09. The summed E-state index contributed by atoms with van der Waals surface area (Å²) in [5.41, 5.74) is -2.17. The summed E-state index contributed by atoms with van der Waals surface area (Å²) < 4.78 is 37.7. The molecule has 0 spiro atoms. The first kappa shape index (κ1) is 16.3. The molecule has 0 fully saturated rings. The van der Waals surface area contributed by atoms with Crippen LogP contribution < -0.4 is 10.9 Å². The summed E-state index contributed by atoms with van der Waals surface area (Å²) in [6, 6.07) is 4.48. The van der Waals surface area contributed by atoms with Crippen LogP contribution in [0.5, 0.6) is 0 Å². The van der Waals surface area contributed by atoms with Crippen molar-refractivity contribution in [3.05, 3.63) is 50.6 Å². The van der Waals surface area contributed by atoms with Crippen LogP contribution in [0.1, 0.15) is 23.3 Å². The number of hydrogen-bond acceptors (Lipinski definition) is 3. The quantitative estimate of drug-likeness (QED) is 0.882. The van der Waals surface area contributed by atoms with Crippen molar-refractivity contribution in [2.24, 2.45) is 0 Å². The Morgan fingerprint density at radius 3 is 2.77 bits per heavy atom. The summed E-state index contributed by atoms with van der Waals surface area (Å²) in [6.07, 6.45) is -2.60. The average Bonchev–Trinajstić information content (AvgIpc) is 2.93. The van der Waals surface area contributed by atoms with Gasteiger partial charge in [-0.15, -0.1) is 11.3 Å². The highest BCUT2D eigenvalue weighted by Gasteiger charge is 2.31. The third-order valence-electron chi connectivity index (χ3n) is 2.91. The van der Waals surface area contributed by atoms with Gasteiger partial charge in [-0.3, -0.25) is 9.59 Å². The first-order valence-electron chi connectivity index (χ1n) is 6.48. The predicted molar refractivity (Wildman–Crippen MR) is 78.0 cm³/mol. The third-order valence-corrected chi connectivity index (χ3v) is 3.85. The smallest absolute Gasteiger partial charge is 0.327 e. The van der Waals surface area contributed by atoms with Gasteiger partial charge in [-0.2, -0.15) is 13.2 Å². The van der Waals surface area contributed by atoms with Gasteiger partial charge in [-0.25, -0.2) is 0 Å². The standard InChI is InChI=1S/C14H13F3N2O2S/c15-14(16,17)9-7-11(13(21)18-8-9)19-12(20)5-1-3-10-4-2-6-22-10/h2,4,6-8H,1,3,5H2,(H,18,21)(H,19,20). The molecule has 0 bridgehead atoms. The van der Waals surface area contributed by atoms with Gasteiger partial charge in [-0.05, 0) is 30.4 Å². The van der Waals surface area contributed by atoms with Crippen molar-refractivity contribution in [1.82, 2.24) is 4.98 Å². The van der Waals surface area contributed by atoms with Gasteiger partial charge in [-0.1, -0.05) is 6.07 Å². The summed E-state index contributed by atoms with van der Waals surface area (Å²) in [5.74, 6) is -0.485. The number of halogens is 3. The molecule has 0 aliphatic rings. The molecule has 8 heteroatoms. The van der Waals surface area contributed by atoms with E-state index in [0.717, 1.165) is 4.88 Å². The molecule has 2 aromatic rings. The highest BCUT2D eigenvalue weighted by Crippen LogP contribution is 2.29. The van der Waals surface area contributed by atoms with E-state index < -0.39 is 28.9 Å². The van der Waals surface area contributed by atoms with Gasteiger partial charge in [0.2, 0.25) is 5.91 Å². The maximum atomic E-state index is 12.6. The van der Waals surface area contributed by atoms with Crippen LogP contribution in [0.25, 0.3) is 0 Å². The molecule has 0 aliphatic carbocycles. The van der Waals surface area contributed by atoms with E-state index >= 15 is 0 Å². The molecule has 0 saturated heterocycles. The van der Waals surface area contributed by atoms with Gasteiger partial charge in [0, 0.05) is 17.5 Å². The lowest BCUT2D eigenvalue weighted by Gasteiger charge is -2.09. The fourth-order valence-corrected chi connectivity index (χ4v) is 2.58. The number of rotatable bonds is 5. The molecular formula is C14H13F3N2O2S. The van der Waals surface area contributed by atoms with Gasteiger partial charge < -0.3 is 10.3 Å². The van der Waals surface area contributed by atoms with E-state index in [1.165, 1.54) is 0 Å².